The van der Waals surface area contributed by atoms with Crippen molar-refractivity contribution in [1.29, 1.82) is 0 Å². The van der Waals surface area contributed by atoms with Crippen LogP contribution >= 0.6 is 0 Å². The minimum Gasteiger partial charge on any atom is -0.478 e. The molecule has 3 aromatic rings. The van der Waals surface area contributed by atoms with Gasteiger partial charge in [-0.05, 0) is 48.4 Å². The predicted octanol–water partition coefficient (Wildman–Crippen LogP) is 3.71. The Morgan fingerprint density at radius 1 is 1.00 bits per heavy atom. The van der Waals surface area contributed by atoms with E-state index >= 15 is 0 Å². The van der Waals surface area contributed by atoms with Crippen LogP contribution in [0.2, 0.25) is 0 Å². The lowest BCUT2D eigenvalue weighted by molar-refractivity contribution is 0.0697. The van der Waals surface area contributed by atoms with E-state index in [0.29, 0.717) is 18.2 Å². The molecule has 0 aliphatic rings. The second kappa shape index (κ2) is 8.06. The zero-order chi connectivity index (χ0) is 18.4. The Morgan fingerprint density at radius 2 is 1.69 bits per heavy atom. The maximum Gasteiger partial charge on any atom is 0.335 e. The lowest BCUT2D eigenvalue weighted by Crippen LogP contribution is -2.07. The van der Waals surface area contributed by atoms with E-state index in [0.717, 1.165) is 17.7 Å². The number of halogens is 1. The summed E-state index contributed by atoms with van der Waals surface area (Å²) in [6, 6.07) is 14.5. The summed E-state index contributed by atoms with van der Waals surface area (Å²) in [4.78, 5) is 19.2. The first-order valence-corrected chi connectivity index (χ1v) is 8.01. The number of hydrogen-bond donors (Lipinski definition) is 3. The average molecular weight is 352 g/mol. The molecule has 0 aliphatic carbocycles. The van der Waals surface area contributed by atoms with Crippen LogP contribution in [-0.2, 0) is 6.42 Å². The van der Waals surface area contributed by atoms with E-state index in [2.05, 4.69) is 20.6 Å². The maximum atomic E-state index is 12.9. The van der Waals surface area contributed by atoms with E-state index in [9.17, 15) is 9.18 Å². The lowest BCUT2D eigenvalue weighted by atomic mass is 10.1. The molecule has 0 unspecified atom stereocenters. The maximum absolute atomic E-state index is 12.9. The van der Waals surface area contributed by atoms with Gasteiger partial charge in [0.05, 0.1) is 5.56 Å². The van der Waals surface area contributed by atoms with Crippen LogP contribution in [0.5, 0.6) is 0 Å². The number of carbonyl (C=O) groups is 1. The van der Waals surface area contributed by atoms with Gasteiger partial charge in [0.2, 0.25) is 0 Å². The van der Waals surface area contributed by atoms with Crippen molar-refractivity contribution in [2.45, 2.75) is 6.42 Å². The number of nitrogens with one attached hydrogen (secondary N) is 2. The van der Waals surface area contributed by atoms with Gasteiger partial charge in [-0.3, -0.25) is 0 Å². The molecule has 3 N–H and O–H groups in total. The SMILES string of the molecule is O=C(O)c1ccc(Nc2cc(NCCc3ccc(F)cc3)ncn2)cc1. The highest BCUT2D eigenvalue weighted by Crippen LogP contribution is 2.17. The number of carboxylic acids is 1. The second-order valence-corrected chi connectivity index (χ2v) is 5.60. The van der Waals surface area contributed by atoms with E-state index in [1.165, 1.54) is 30.6 Å². The molecule has 132 valence electrons. The number of aromatic nitrogens is 2. The zero-order valence-electron chi connectivity index (χ0n) is 13.8. The number of benzene rings is 2. The topological polar surface area (TPSA) is 87.1 Å². The van der Waals surface area contributed by atoms with Gasteiger partial charge in [-0.25, -0.2) is 19.2 Å². The molecule has 3 rings (SSSR count). The fraction of sp³-hybridized carbons (Fsp3) is 0.105. The molecule has 1 aromatic heterocycles. The van der Waals surface area contributed by atoms with Crippen LogP contribution in [0.1, 0.15) is 15.9 Å². The van der Waals surface area contributed by atoms with Crippen LogP contribution in [-0.4, -0.2) is 27.6 Å². The van der Waals surface area contributed by atoms with Crippen LogP contribution in [0.25, 0.3) is 0 Å². The quantitative estimate of drug-likeness (QED) is 0.601. The Morgan fingerprint density at radius 3 is 2.38 bits per heavy atom. The summed E-state index contributed by atoms with van der Waals surface area (Å²) in [5.41, 5.74) is 1.98. The summed E-state index contributed by atoms with van der Waals surface area (Å²) in [7, 11) is 0. The van der Waals surface area contributed by atoms with E-state index in [1.807, 2.05) is 0 Å². The molecule has 0 spiro atoms. The van der Waals surface area contributed by atoms with Crippen molar-refractivity contribution in [2.75, 3.05) is 17.2 Å². The van der Waals surface area contributed by atoms with Crippen LogP contribution in [0.3, 0.4) is 0 Å². The minimum absolute atomic E-state index is 0.224. The zero-order valence-corrected chi connectivity index (χ0v) is 13.8. The van der Waals surface area contributed by atoms with Gasteiger partial charge in [0.1, 0.15) is 23.8 Å². The molecule has 6 nitrogen and oxygen atoms in total. The molecule has 26 heavy (non-hydrogen) atoms. The molecule has 0 saturated heterocycles. The van der Waals surface area contributed by atoms with Crippen molar-refractivity contribution in [3.8, 4) is 0 Å². The van der Waals surface area contributed by atoms with Gasteiger partial charge >= 0.3 is 5.97 Å². The van der Waals surface area contributed by atoms with E-state index in [-0.39, 0.29) is 11.4 Å². The average Bonchev–Trinajstić information content (AvgIpc) is 2.64. The number of carboxylic acid groups (broad SMARTS) is 1. The highest BCUT2D eigenvalue weighted by molar-refractivity contribution is 5.88. The van der Waals surface area contributed by atoms with E-state index < -0.39 is 5.97 Å². The van der Waals surface area contributed by atoms with Crippen LogP contribution in [0.15, 0.2) is 60.9 Å². The summed E-state index contributed by atoms with van der Waals surface area (Å²) in [5, 5.41) is 15.2. The summed E-state index contributed by atoms with van der Waals surface area (Å²) in [6.45, 7) is 0.648. The van der Waals surface area contributed by atoms with E-state index in [1.54, 1.807) is 30.3 Å². The first-order valence-electron chi connectivity index (χ1n) is 8.01. The molecule has 0 fully saturated rings. The molecule has 0 saturated carbocycles. The normalized spacial score (nSPS) is 10.3. The van der Waals surface area contributed by atoms with Gasteiger partial charge in [-0.2, -0.15) is 0 Å². The van der Waals surface area contributed by atoms with Crippen molar-refractivity contribution in [2.24, 2.45) is 0 Å². The highest BCUT2D eigenvalue weighted by Gasteiger charge is 2.03. The summed E-state index contributed by atoms with van der Waals surface area (Å²) in [6.07, 6.45) is 2.18. The number of rotatable bonds is 7. The van der Waals surface area contributed by atoms with Gasteiger partial charge < -0.3 is 15.7 Å². The Balaban J connectivity index is 1.57. The fourth-order valence-electron chi connectivity index (χ4n) is 2.35. The molecule has 0 amide bonds. The Hall–Kier alpha value is -3.48. The van der Waals surface area contributed by atoms with Crippen molar-refractivity contribution in [3.05, 3.63) is 77.9 Å². The Kier molecular flexibility index (Phi) is 5.38. The van der Waals surface area contributed by atoms with Crippen molar-refractivity contribution in [1.82, 2.24) is 9.97 Å². The fourth-order valence-corrected chi connectivity index (χ4v) is 2.35. The number of aromatic carboxylic acids is 1. The first-order chi connectivity index (χ1) is 12.6. The van der Waals surface area contributed by atoms with Gasteiger partial charge in [0.15, 0.2) is 0 Å². The predicted molar refractivity (Wildman–Crippen MR) is 97.3 cm³/mol. The van der Waals surface area contributed by atoms with Crippen molar-refractivity contribution in [3.63, 3.8) is 0 Å². The highest BCUT2D eigenvalue weighted by atomic mass is 19.1. The molecule has 0 bridgehead atoms. The summed E-state index contributed by atoms with van der Waals surface area (Å²) < 4.78 is 12.9. The number of hydrogen-bond acceptors (Lipinski definition) is 5. The number of nitrogens with zero attached hydrogens (tertiary/aromatic N) is 2. The van der Waals surface area contributed by atoms with Crippen LogP contribution in [0, 0.1) is 5.82 Å². The molecular weight excluding hydrogens is 335 g/mol. The third-order valence-electron chi connectivity index (χ3n) is 3.70. The molecule has 0 atom stereocenters. The minimum atomic E-state index is -0.966. The van der Waals surface area contributed by atoms with E-state index in [4.69, 9.17) is 5.11 Å². The smallest absolute Gasteiger partial charge is 0.335 e. The van der Waals surface area contributed by atoms with Crippen LogP contribution < -0.4 is 10.6 Å². The van der Waals surface area contributed by atoms with Gasteiger partial charge in [-0.1, -0.05) is 12.1 Å². The van der Waals surface area contributed by atoms with Crippen molar-refractivity contribution >= 4 is 23.3 Å². The molecule has 2 aromatic carbocycles. The standard InChI is InChI=1S/C19H17FN4O2/c20-15-5-1-13(2-6-15)9-10-21-17-11-18(23-12-22-17)24-16-7-3-14(4-8-16)19(25)26/h1-8,11-12H,9-10H2,(H,25,26)(H2,21,22,23,24). The molecule has 7 heteroatoms. The van der Waals surface area contributed by atoms with Crippen molar-refractivity contribution < 1.29 is 14.3 Å². The third kappa shape index (κ3) is 4.76. The van der Waals surface area contributed by atoms with Gasteiger partial charge in [0, 0.05) is 18.3 Å². The summed E-state index contributed by atoms with van der Waals surface area (Å²) >= 11 is 0. The molecule has 0 aliphatic heterocycles. The molecule has 1 heterocycles. The lowest BCUT2D eigenvalue weighted by Gasteiger charge is -2.09. The van der Waals surface area contributed by atoms with Gasteiger partial charge in [-0.15, -0.1) is 0 Å². The summed E-state index contributed by atoms with van der Waals surface area (Å²) in [5.74, 6) is 0.0370. The largest absolute Gasteiger partial charge is 0.478 e. The monoisotopic (exact) mass is 352 g/mol. The molecular formula is C19H17FN4O2. The third-order valence-corrected chi connectivity index (χ3v) is 3.70. The number of anilines is 3. The van der Waals surface area contributed by atoms with Crippen LogP contribution in [0.4, 0.5) is 21.7 Å². The Bertz CT molecular complexity index is 883. The molecule has 0 radical (unpaired) electrons. The first kappa shape index (κ1) is 17.3. The van der Waals surface area contributed by atoms with Gasteiger partial charge in [0.25, 0.3) is 0 Å². The second-order valence-electron chi connectivity index (χ2n) is 5.60. The Labute approximate surface area is 149 Å².